The molecule has 6 nitrogen and oxygen atoms in total. The largest absolute Gasteiger partial charge is 0.590 e. The second-order valence-corrected chi connectivity index (χ2v) is 10.2. The summed E-state index contributed by atoms with van der Waals surface area (Å²) >= 11 is 0. The minimum atomic E-state index is -1.65. The summed E-state index contributed by atoms with van der Waals surface area (Å²) in [5.41, 5.74) is 1.37. The molecule has 1 aliphatic rings. The number of likely N-dealkylation sites (tertiary alicyclic amines) is 1. The number of phenolic OH excluding ortho intramolecular Hbond substituents is 2. The van der Waals surface area contributed by atoms with Gasteiger partial charge in [-0.05, 0) is 97.3 Å². The molecular formula is C28H27NO5S. The van der Waals surface area contributed by atoms with Gasteiger partial charge in [0, 0.05) is 23.7 Å². The lowest BCUT2D eigenvalue weighted by atomic mass is 9.97. The average Bonchev–Trinajstić information content (AvgIpc) is 3.16. The number of hydrogen-bond donors (Lipinski definition) is 2. The monoisotopic (exact) mass is 489 g/mol. The molecular weight excluding hydrogens is 462 g/mol. The Morgan fingerprint density at radius 3 is 2.31 bits per heavy atom. The number of ketones is 1. The van der Waals surface area contributed by atoms with Gasteiger partial charge in [0.05, 0.1) is 10.9 Å². The van der Waals surface area contributed by atoms with E-state index in [2.05, 4.69) is 4.90 Å². The van der Waals surface area contributed by atoms with E-state index < -0.39 is 10.8 Å². The van der Waals surface area contributed by atoms with Crippen LogP contribution in [0.3, 0.4) is 0 Å². The lowest BCUT2D eigenvalue weighted by Gasteiger charge is -2.26. The van der Waals surface area contributed by atoms with E-state index in [1.54, 1.807) is 42.5 Å². The Hall–Kier alpha value is -3.39. The third-order valence-corrected chi connectivity index (χ3v) is 7.99. The van der Waals surface area contributed by atoms with E-state index in [1.165, 1.54) is 43.5 Å². The van der Waals surface area contributed by atoms with Gasteiger partial charge in [0.1, 0.15) is 23.9 Å². The topological polar surface area (TPSA) is 93.1 Å². The molecule has 1 unspecified atom stereocenters. The van der Waals surface area contributed by atoms with Crippen molar-refractivity contribution in [3.8, 4) is 27.7 Å². The Kier molecular flexibility index (Phi) is 6.72. The molecule has 0 saturated carbocycles. The second-order valence-electron chi connectivity index (χ2n) is 8.80. The smallest absolute Gasteiger partial charge is 0.199 e. The van der Waals surface area contributed by atoms with Gasteiger partial charge in [-0.3, -0.25) is 9.69 Å². The predicted octanol–water partition coefficient (Wildman–Crippen LogP) is 5.74. The number of phenols is 2. The highest BCUT2D eigenvalue weighted by Gasteiger charge is 2.29. The number of fused-ring (bicyclic) bond motifs is 1. The van der Waals surface area contributed by atoms with Gasteiger partial charge in [-0.15, -0.1) is 0 Å². The summed E-state index contributed by atoms with van der Waals surface area (Å²) in [6.07, 6.45) is 3.79. The number of thiophene rings is 1. The number of carbonyl (C=O) groups is 1. The van der Waals surface area contributed by atoms with Crippen molar-refractivity contribution in [1.82, 2.24) is 4.90 Å². The van der Waals surface area contributed by atoms with Crippen molar-refractivity contribution in [2.24, 2.45) is 0 Å². The Labute approximate surface area is 206 Å². The summed E-state index contributed by atoms with van der Waals surface area (Å²) in [4.78, 5) is 16.5. The molecule has 2 heterocycles. The number of hydrogen-bond acceptors (Lipinski definition) is 6. The standard InChI is InChI=1S/C28H27NO5S/c30-21-8-4-20(5-9-21)28-26(24-13-10-22(31)18-25(24)35(28)33)27(32)19-6-11-23(12-7-19)34-17-16-29-14-2-1-3-15-29/h4-13,18,30-31H,1-3,14-17H2. The molecule has 0 amide bonds. The number of carbonyl (C=O) groups excluding carboxylic acids is 1. The first-order valence-electron chi connectivity index (χ1n) is 11.8. The molecule has 35 heavy (non-hydrogen) atoms. The minimum Gasteiger partial charge on any atom is -0.590 e. The molecule has 1 aromatic heterocycles. The maximum atomic E-state index is 13.7. The summed E-state index contributed by atoms with van der Waals surface area (Å²) in [7, 11) is -1.65. The molecule has 1 fully saturated rings. The van der Waals surface area contributed by atoms with Crippen molar-refractivity contribution < 1.29 is 24.3 Å². The molecule has 7 heteroatoms. The molecule has 0 radical (unpaired) electrons. The van der Waals surface area contributed by atoms with E-state index in [4.69, 9.17) is 4.74 Å². The van der Waals surface area contributed by atoms with Gasteiger partial charge in [0.2, 0.25) is 0 Å². The quantitative estimate of drug-likeness (QED) is 0.254. The van der Waals surface area contributed by atoms with Crippen LogP contribution in [0.15, 0.2) is 66.7 Å². The fourth-order valence-corrected chi connectivity index (χ4v) is 6.16. The molecule has 3 aromatic carbocycles. The summed E-state index contributed by atoms with van der Waals surface area (Å²) in [6.45, 7) is 3.73. The summed E-state index contributed by atoms with van der Waals surface area (Å²) < 4.78 is 19.7. The Bertz CT molecular complexity index is 1340. The number of aromatic hydroxyl groups is 2. The van der Waals surface area contributed by atoms with Gasteiger partial charge in [0.15, 0.2) is 15.4 Å². The lowest BCUT2D eigenvalue weighted by molar-refractivity contribution is 0.104. The number of benzene rings is 3. The number of piperidine rings is 1. The van der Waals surface area contributed by atoms with Crippen LogP contribution in [0.25, 0.3) is 20.5 Å². The molecule has 1 atom stereocenters. The van der Waals surface area contributed by atoms with Crippen LogP contribution >= 0.6 is 10.8 Å². The van der Waals surface area contributed by atoms with E-state index in [9.17, 15) is 19.6 Å². The van der Waals surface area contributed by atoms with Crippen LogP contribution in [-0.4, -0.2) is 51.7 Å². The molecule has 0 bridgehead atoms. The fourth-order valence-electron chi connectivity index (χ4n) is 4.61. The van der Waals surface area contributed by atoms with Crippen LogP contribution in [0.1, 0.15) is 35.2 Å². The van der Waals surface area contributed by atoms with E-state index in [1.807, 2.05) is 0 Å². The molecule has 2 N–H and O–H groups in total. The molecule has 5 rings (SSSR count). The maximum Gasteiger partial charge on any atom is 0.199 e. The van der Waals surface area contributed by atoms with Crippen LogP contribution in [0.2, 0.25) is 0 Å². The van der Waals surface area contributed by atoms with Gasteiger partial charge in [-0.25, -0.2) is 0 Å². The zero-order valence-corrected chi connectivity index (χ0v) is 20.1. The molecule has 1 saturated heterocycles. The molecule has 180 valence electrons. The Morgan fingerprint density at radius 1 is 0.914 bits per heavy atom. The van der Waals surface area contributed by atoms with Crippen molar-refractivity contribution in [3.05, 3.63) is 77.9 Å². The molecule has 4 aromatic rings. The highest BCUT2D eigenvalue weighted by atomic mass is 32.2. The SMILES string of the molecule is O=C(c1ccc(OCCN2CCCCC2)cc1)c1c(-c2ccc(O)cc2)[s+]([O-])c2cc(O)ccc12. The summed E-state index contributed by atoms with van der Waals surface area (Å²) in [5.74, 6) is 0.510. The summed E-state index contributed by atoms with van der Waals surface area (Å²) in [6, 6.07) is 17.8. The van der Waals surface area contributed by atoms with Crippen molar-refractivity contribution in [2.45, 2.75) is 19.3 Å². The molecule has 0 spiro atoms. The zero-order valence-electron chi connectivity index (χ0n) is 19.3. The van der Waals surface area contributed by atoms with E-state index in [0.29, 0.717) is 44.0 Å². The van der Waals surface area contributed by atoms with Crippen LogP contribution < -0.4 is 4.74 Å². The number of ether oxygens (including phenoxy) is 1. The zero-order chi connectivity index (χ0) is 24.4. The van der Waals surface area contributed by atoms with Crippen LogP contribution in [0, 0.1) is 0 Å². The number of rotatable bonds is 7. The average molecular weight is 490 g/mol. The first-order valence-corrected chi connectivity index (χ1v) is 12.9. The van der Waals surface area contributed by atoms with Crippen molar-refractivity contribution >= 4 is 26.6 Å². The normalized spacial score (nSPS) is 14.8. The second kappa shape index (κ2) is 10.1. The van der Waals surface area contributed by atoms with Crippen molar-refractivity contribution in [2.75, 3.05) is 26.2 Å². The number of nitrogens with zero attached hydrogens (tertiary/aromatic N) is 1. The predicted molar refractivity (Wildman–Crippen MR) is 137 cm³/mol. The van der Waals surface area contributed by atoms with Crippen LogP contribution in [0.4, 0.5) is 0 Å². The highest BCUT2D eigenvalue weighted by Crippen LogP contribution is 2.46. The van der Waals surface area contributed by atoms with Crippen LogP contribution in [-0.2, 0) is 0 Å². The van der Waals surface area contributed by atoms with Gasteiger partial charge in [-0.1, -0.05) is 6.42 Å². The first kappa shape index (κ1) is 23.4. The van der Waals surface area contributed by atoms with E-state index in [0.717, 1.165) is 19.6 Å². The Balaban J connectivity index is 1.43. The maximum absolute atomic E-state index is 13.7. The van der Waals surface area contributed by atoms with Crippen molar-refractivity contribution in [1.29, 1.82) is 0 Å². The van der Waals surface area contributed by atoms with Gasteiger partial charge >= 0.3 is 0 Å². The first-order chi connectivity index (χ1) is 17.0. The van der Waals surface area contributed by atoms with Gasteiger partial charge in [0.25, 0.3) is 0 Å². The van der Waals surface area contributed by atoms with E-state index >= 15 is 0 Å². The van der Waals surface area contributed by atoms with Gasteiger partial charge in [-0.2, -0.15) is 0 Å². The van der Waals surface area contributed by atoms with Crippen molar-refractivity contribution in [3.63, 3.8) is 0 Å². The third kappa shape index (κ3) is 4.89. The van der Waals surface area contributed by atoms with E-state index in [-0.39, 0.29) is 17.3 Å². The third-order valence-electron chi connectivity index (χ3n) is 6.44. The Morgan fingerprint density at radius 2 is 1.60 bits per heavy atom. The molecule has 1 aliphatic heterocycles. The van der Waals surface area contributed by atoms with Crippen LogP contribution in [0.5, 0.6) is 17.2 Å². The summed E-state index contributed by atoms with van der Waals surface area (Å²) in [5, 5.41) is 20.2. The lowest BCUT2D eigenvalue weighted by Crippen LogP contribution is -2.33. The van der Waals surface area contributed by atoms with Gasteiger partial charge < -0.3 is 19.5 Å². The minimum absolute atomic E-state index is 0.0121. The fraction of sp³-hybridized carbons (Fsp3) is 0.250. The highest BCUT2D eigenvalue weighted by molar-refractivity contribution is 7.35. The molecule has 0 aliphatic carbocycles.